The molecule has 80 valence electrons. The Bertz CT molecular complexity index is 386. The molecule has 1 heterocycles. The lowest BCUT2D eigenvalue weighted by atomic mass is 10.2. The van der Waals surface area contributed by atoms with Crippen LogP contribution in [0.25, 0.3) is 0 Å². The number of hydrogen-bond donors (Lipinski definition) is 1. The number of rotatable bonds is 5. The molecule has 0 fully saturated rings. The van der Waals surface area contributed by atoms with Gasteiger partial charge < -0.3 is 5.32 Å². The fourth-order valence-electron chi connectivity index (χ4n) is 1.12. The van der Waals surface area contributed by atoms with E-state index in [0.29, 0.717) is 24.5 Å². The molecule has 15 heavy (non-hydrogen) atoms. The number of hydrogen-bond acceptors (Lipinski definition) is 4. The first-order valence-electron chi connectivity index (χ1n) is 4.59. The molecule has 1 N–H and O–H groups in total. The van der Waals surface area contributed by atoms with Crippen LogP contribution in [-0.4, -0.2) is 27.7 Å². The average Bonchev–Trinajstić information content (AvgIpc) is 2.24. The lowest BCUT2D eigenvalue weighted by Gasteiger charge is -2.04. The van der Waals surface area contributed by atoms with E-state index in [2.05, 4.69) is 10.3 Å². The summed E-state index contributed by atoms with van der Waals surface area (Å²) < 4.78 is 10.8. The second kappa shape index (κ2) is 6.27. The van der Waals surface area contributed by atoms with Crippen LogP contribution in [0.1, 0.15) is 11.3 Å². The molecule has 0 aliphatic carbocycles. The molecule has 1 rings (SSSR count). The van der Waals surface area contributed by atoms with Gasteiger partial charge in [-0.3, -0.25) is 4.21 Å². The smallest absolute Gasteiger partial charge is 0.144 e. The third-order valence-corrected chi connectivity index (χ3v) is 2.66. The van der Waals surface area contributed by atoms with Gasteiger partial charge in [0, 0.05) is 47.7 Å². The lowest BCUT2D eigenvalue weighted by molar-refractivity contribution is 0.676. The quantitative estimate of drug-likeness (QED) is 0.735. The normalized spacial score (nSPS) is 12.0. The Morgan fingerprint density at radius 3 is 3.13 bits per heavy atom. The van der Waals surface area contributed by atoms with E-state index < -0.39 is 10.8 Å². The minimum atomic E-state index is -0.774. The third-order valence-electron chi connectivity index (χ3n) is 1.88. The Morgan fingerprint density at radius 2 is 2.47 bits per heavy atom. The SMILES string of the molecule is CS(=O)CCNCc1cccnc1C#N. The number of aromatic nitrogens is 1. The molecular weight excluding hydrogens is 210 g/mol. The Hall–Kier alpha value is -1.25. The van der Waals surface area contributed by atoms with Crippen molar-refractivity contribution in [1.29, 1.82) is 5.26 Å². The van der Waals surface area contributed by atoms with E-state index in [1.54, 1.807) is 18.5 Å². The molecule has 1 aromatic rings. The van der Waals surface area contributed by atoms with Gasteiger partial charge in [0.25, 0.3) is 0 Å². The summed E-state index contributed by atoms with van der Waals surface area (Å²) in [5.74, 6) is 0.627. The molecule has 4 nitrogen and oxygen atoms in total. The molecule has 0 saturated heterocycles. The van der Waals surface area contributed by atoms with E-state index in [1.165, 1.54) is 0 Å². The Labute approximate surface area is 91.8 Å². The van der Waals surface area contributed by atoms with Crippen LogP contribution in [0.2, 0.25) is 0 Å². The summed E-state index contributed by atoms with van der Waals surface area (Å²) in [6.07, 6.45) is 3.27. The van der Waals surface area contributed by atoms with Gasteiger partial charge >= 0.3 is 0 Å². The molecule has 0 saturated carbocycles. The van der Waals surface area contributed by atoms with Gasteiger partial charge in [0.15, 0.2) is 0 Å². The van der Waals surface area contributed by atoms with Crippen LogP contribution in [0.5, 0.6) is 0 Å². The van der Waals surface area contributed by atoms with Gasteiger partial charge in [-0.2, -0.15) is 5.26 Å². The second-order valence-corrected chi connectivity index (χ2v) is 4.63. The lowest BCUT2D eigenvalue weighted by Crippen LogP contribution is -2.20. The molecule has 0 aliphatic rings. The van der Waals surface area contributed by atoms with E-state index in [4.69, 9.17) is 5.26 Å². The Kier molecular flexibility index (Phi) is 4.95. The van der Waals surface area contributed by atoms with Crippen molar-refractivity contribution in [3.05, 3.63) is 29.6 Å². The molecule has 0 aliphatic heterocycles. The summed E-state index contributed by atoms with van der Waals surface area (Å²) >= 11 is 0. The molecule has 5 heteroatoms. The summed E-state index contributed by atoms with van der Waals surface area (Å²) in [6.45, 7) is 1.27. The van der Waals surface area contributed by atoms with Gasteiger partial charge in [-0.05, 0) is 6.07 Å². The zero-order chi connectivity index (χ0) is 11.1. The average molecular weight is 223 g/mol. The number of pyridine rings is 1. The van der Waals surface area contributed by atoms with Crippen molar-refractivity contribution in [3.8, 4) is 6.07 Å². The molecule has 0 radical (unpaired) electrons. The van der Waals surface area contributed by atoms with Gasteiger partial charge in [-0.1, -0.05) is 6.07 Å². The van der Waals surface area contributed by atoms with Crippen LogP contribution in [0.15, 0.2) is 18.3 Å². The highest BCUT2D eigenvalue weighted by molar-refractivity contribution is 7.84. The Morgan fingerprint density at radius 1 is 1.67 bits per heavy atom. The van der Waals surface area contributed by atoms with Crippen LogP contribution in [0, 0.1) is 11.3 Å². The van der Waals surface area contributed by atoms with E-state index in [0.717, 1.165) is 5.56 Å². The largest absolute Gasteiger partial charge is 0.312 e. The van der Waals surface area contributed by atoms with Crippen LogP contribution in [0.3, 0.4) is 0 Å². The summed E-state index contributed by atoms with van der Waals surface area (Å²) in [6, 6.07) is 5.70. The maximum atomic E-state index is 10.8. The minimum Gasteiger partial charge on any atom is -0.312 e. The standard InChI is InChI=1S/C10H13N3OS/c1-15(14)6-5-12-8-9-3-2-4-13-10(9)7-11/h2-4,12H,5-6,8H2,1H3. The predicted octanol–water partition coefficient (Wildman–Crippen LogP) is 0.421. The van der Waals surface area contributed by atoms with Gasteiger partial charge in [0.1, 0.15) is 11.8 Å². The highest BCUT2D eigenvalue weighted by Crippen LogP contribution is 2.02. The van der Waals surface area contributed by atoms with Crippen LogP contribution >= 0.6 is 0 Å². The molecule has 0 amide bonds. The van der Waals surface area contributed by atoms with E-state index in [-0.39, 0.29) is 0 Å². The molecular formula is C10H13N3OS. The minimum absolute atomic E-state index is 0.447. The number of nitrogens with zero attached hydrogens (tertiary/aromatic N) is 2. The maximum absolute atomic E-state index is 10.8. The van der Waals surface area contributed by atoms with Crippen molar-refractivity contribution in [2.45, 2.75) is 6.54 Å². The maximum Gasteiger partial charge on any atom is 0.144 e. The predicted molar refractivity (Wildman–Crippen MR) is 59.6 cm³/mol. The summed E-state index contributed by atoms with van der Waals surface area (Å²) in [5, 5.41) is 11.9. The highest BCUT2D eigenvalue weighted by Gasteiger charge is 2.01. The van der Waals surface area contributed by atoms with Gasteiger partial charge in [0.2, 0.25) is 0 Å². The fraction of sp³-hybridized carbons (Fsp3) is 0.400. The second-order valence-electron chi connectivity index (χ2n) is 3.08. The van der Waals surface area contributed by atoms with E-state index in [1.807, 2.05) is 12.1 Å². The van der Waals surface area contributed by atoms with Gasteiger partial charge in [0.05, 0.1) is 0 Å². The van der Waals surface area contributed by atoms with Gasteiger partial charge in [-0.15, -0.1) is 0 Å². The molecule has 1 atom stereocenters. The first-order chi connectivity index (χ1) is 7.24. The van der Waals surface area contributed by atoms with Crippen molar-refractivity contribution in [2.75, 3.05) is 18.6 Å². The summed E-state index contributed by atoms with van der Waals surface area (Å²) in [5.41, 5.74) is 1.32. The zero-order valence-electron chi connectivity index (χ0n) is 8.56. The molecule has 1 aromatic heterocycles. The van der Waals surface area contributed by atoms with E-state index in [9.17, 15) is 4.21 Å². The van der Waals surface area contributed by atoms with Crippen LogP contribution < -0.4 is 5.32 Å². The van der Waals surface area contributed by atoms with Crippen LogP contribution in [0.4, 0.5) is 0 Å². The number of nitriles is 1. The molecule has 0 spiro atoms. The van der Waals surface area contributed by atoms with Crippen LogP contribution in [-0.2, 0) is 17.3 Å². The van der Waals surface area contributed by atoms with Crippen molar-refractivity contribution in [1.82, 2.24) is 10.3 Å². The fourth-order valence-corrected chi connectivity index (χ4v) is 1.55. The first-order valence-corrected chi connectivity index (χ1v) is 6.31. The van der Waals surface area contributed by atoms with Crippen molar-refractivity contribution in [3.63, 3.8) is 0 Å². The zero-order valence-corrected chi connectivity index (χ0v) is 9.38. The third kappa shape index (κ3) is 4.19. The first kappa shape index (κ1) is 11.8. The monoisotopic (exact) mass is 223 g/mol. The highest BCUT2D eigenvalue weighted by atomic mass is 32.2. The van der Waals surface area contributed by atoms with Crippen molar-refractivity contribution in [2.24, 2.45) is 0 Å². The summed E-state index contributed by atoms with van der Waals surface area (Å²) in [4.78, 5) is 3.95. The van der Waals surface area contributed by atoms with Gasteiger partial charge in [-0.25, -0.2) is 4.98 Å². The van der Waals surface area contributed by atoms with Crippen molar-refractivity contribution >= 4 is 10.8 Å². The molecule has 0 bridgehead atoms. The Balaban J connectivity index is 2.44. The molecule has 0 aromatic carbocycles. The topological polar surface area (TPSA) is 65.8 Å². The number of nitrogens with one attached hydrogen (secondary N) is 1. The summed E-state index contributed by atoms with van der Waals surface area (Å²) in [7, 11) is -0.774. The molecule has 1 unspecified atom stereocenters. The van der Waals surface area contributed by atoms with E-state index >= 15 is 0 Å². The van der Waals surface area contributed by atoms with Crippen molar-refractivity contribution < 1.29 is 4.21 Å².